The summed E-state index contributed by atoms with van der Waals surface area (Å²) in [6.07, 6.45) is 5.24. The van der Waals surface area contributed by atoms with Gasteiger partial charge in [0.1, 0.15) is 5.82 Å². The molecule has 2 fully saturated rings. The molecule has 2 bridgehead atoms. The van der Waals surface area contributed by atoms with Crippen LogP contribution in [-0.2, 0) is 9.53 Å². The monoisotopic (exact) mass is 346 g/mol. The van der Waals surface area contributed by atoms with Crippen LogP contribution in [0.3, 0.4) is 0 Å². The van der Waals surface area contributed by atoms with Crippen LogP contribution in [0.25, 0.3) is 0 Å². The number of rotatable bonds is 3. The standard InChI is InChI=1S/C18H16ClFN2O2/c19-12-2-1-11(9-13(12)20)22-18(23)17-15-4-3-14(24-15)16(17)10-5-7-21-8-6-10/h1-2,5-9,14-17H,3-4H2,(H,22,23)/t14-,15+,16+,17-/m0/s1. The zero-order valence-electron chi connectivity index (χ0n) is 12.8. The number of pyridine rings is 1. The first-order valence-corrected chi connectivity index (χ1v) is 8.32. The maximum atomic E-state index is 13.6. The Morgan fingerprint density at radius 3 is 2.71 bits per heavy atom. The van der Waals surface area contributed by atoms with Crippen LogP contribution in [0, 0.1) is 11.7 Å². The maximum Gasteiger partial charge on any atom is 0.230 e. The van der Waals surface area contributed by atoms with Gasteiger partial charge in [0.25, 0.3) is 0 Å². The Labute approximate surface area is 144 Å². The van der Waals surface area contributed by atoms with Gasteiger partial charge in [0.05, 0.1) is 23.1 Å². The number of nitrogens with zero attached hydrogens (tertiary/aromatic N) is 1. The molecule has 2 aliphatic rings. The van der Waals surface area contributed by atoms with E-state index < -0.39 is 5.82 Å². The minimum Gasteiger partial charge on any atom is -0.373 e. The topological polar surface area (TPSA) is 51.2 Å². The van der Waals surface area contributed by atoms with Gasteiger partial charge in [-0.1, -0.05) is 11.6 Å². The SMILES string of the molecule is O=C(Nc1ccc(Cl)c(F)c1)[C@@H]1[C@H](c2ccncc2)[C@@H]2CC[C@H]1O2. The number of hydrogen-bond donors (Lipinski definition) is 1. The van der Waals surface area contributed by atoms with E-state index in [-0.39, 0.29) is 35.0 Å². The molecule has 24 heavy (non-hydrogen) atoms. The van der Waals surface area contributed by atoms with Crippen LogP contribution < -0.4 is 5.32 Å². The number of aromatic nitrogens is 1. The van der Waals surface area contributed by atoms with Crippen molar-refractivity contribution in [1.82, 2.24) is 4.98 Å². The Bertz CT molecular complexity index is 771. The van der Waals surface area contributed by atoms with E-state index in [0.717, 1.165) is 18.4 Å². The fourth-order valence-electron chi connectivity index (χ4n) is 3.82. The Balaban J connectivity index is 1.59. The van der Waals surface area contributed by atoms with Gasteiger partial charge >= 0.3 is 0 Å². The summed E-state index contributed by atoms with van der Waals surface area (Å²) < 4.78 is 19.6. The van der Waals surface area contributed by atoms with Crippen LogP contribution in [0.4, 0.5) is 10.1 Å². The van der Waals surface area contributed by atoms with Crippen molar-refractivity contribution in [3.05, 3.63) is 59.1 Å². The Kier molecular flexibility index (Phi) is 3.98. The third-order valence-corrected chi connectivity index (χ3v) is 5.16. The summed E-state index contributed by atoms with van der Waals surface area (Å²) in [6, 6.07) is 8.12. The Morgan fingerprint density at radius 2 is 1.96 bits per heavy atom. The molecule has 4 atom stereocenters. The molecule has 0 spiro atoms. The summed E-state index contributed by atoms with van der Waals surface area (Å²) in [5.74, 6) is -0.983. The lowest BCUT2D eigenvalue weighted by Crippen LogP contribution is -2.36. The number of amides is 1. The summed E-state index contributed by atoms with van der Waals surface area (Å²) in [5.41, 5.74) is 1.46. The van der Waals surface area contributed by atoms with Gasteiger partial charge in [0.2, 0.25) is 5.91 Å². The zero-order valence-corrected chi connectivity index (χ0v) is 13.5. The molecule has 2 saturated heterocycles. The van der Waals surface area contributed by atoms with Gasteiger partial charge in [-0.2, -0.15) is 0 Å². The molecule has 4 nitrogen and oxygen atoms in total. The Hall–Kier alpha value is -1.98. The molecule has 124 valence electrons. The van der Waals surface area contributed by atoms with Crippen LogP contribution in [0.15, 0.2) is 42.7 Å². The van der Waals surface area contributed by atoms with Crippen molar-refractivity contribution >= 4 is 23.2 Å². The highest BCUT2D eigenvalue weighted by atomic mass is 35.5. The molecule has 1 N–H and O–H groups in total. The number of carbonyl (C=O) groups is 1. The average Bonchev–Trinajstić information content (AvgIpc) is 3.20. The average molecular weight is 347 g/mol. The summed E-state index contributed by atoms with van der Waals surface area (Å²) in [4.78, 5) is 16.9. The van der Waals surface area contributed by atoms with Crippen molar-refractivity contribution in [2.24, 2.45) is 5.92 Å². The largest absolute Gasteiger partial charge is 0.373 e. The van der Waals surface area contributed by atoms with E-state index in [1.54, 1.807) is 18.5 Å². The van der Waals surface area contributed by atoms with Gasteiger partial charge in [-0.15, -0.1) is 0 Å². The molecule has 0 unspecified atom stereocenters. The van der Waals surface area contributed by atoms with Crippen LogP contribution >= 0.6 is 11.6 Å². The van der Waals surface area contributed by atoms with Gasteiger partial charge in [0.15, 0.2) is 0 Å². The second kappa shape index (κ2) is 6.15. The fourth-order valence-corrected chi connectivity index (χ4v) is 3.94. The number of ether oxygens (including phenoxy) is 1. The number of nitrogens with one attached hydrogen (secondary N) is 1. The van der Waals surface area contributed by atoms with E-state index >= 15 is 0 Å². The molecular weight excluding hydrogens is 331 g/mol. The molecule has 0 radical (unpaired) electrons. The maximum absolute atomic E-state index is 13.6. The van der Waals surface area contributed by atoms with Crippen LogP contribution in [0.5, 0.6) is 0 Å². The molecule has 6 heteroatoms. The number of carbonyl (C=O) groups excluding carboxylic acids is 1. The summed E-state index contributed by atoms with van der Waals surface area (Å²) in [6.45, 7) is 0. The highest BCUT2D eigenvalue weighted by Crippen LogP contribution is 2.49. The third-order valence-electron chi connectivity index (χ3n) is 4.85. The molecule has 1 amide bonds. The third kappa shape index (κ3) is 2.68. The van der Waals surface area contributed by atoms with Crippen molar-refractivity contribution in [2.45, 2.75) is 31.0 Å². The molecule has 3 heterocycles. The lowest BCUT2D eigenvalue weighted by molar-refractivity contribution is -0.121. The first-order chi connectivity index (χ1) is 11.6. The predicted molar refractivity (Wildman–Crippen MR) is 88.4 cm³/mol. The highest BCUT2D eigenvalue weighted by molar-refractivity contribution is 6.30. The summed E-state index contributed by atoms with van der Waals surface area (Å²) in [5, 5.41) is 2.84. The number of anilines is 1. The number of benzene rings is 1. The second-order valence-electron chi connectivity index (χ2n) is 6.24. The first kappa shape index (κ1) is 15.5. The van der Waals surface area contributed by atoms with Crippen molar-refractivity contribution < 1.29 is 13.9 Å². The second-order valence-corrected chi connectivity index (χ2v) is 6.65. The smallest absolute Gasteiger partial charge is 0.230 e. The molecule has 2 aromatic rings. The number of hydrogen-bond acceptors (Lipinski definition) is 3. The van der Waals surface area contributed by atoms with E-state index in [2.05, 4.69) is 10.3 Å². The lowest BCUT2D eigenvalue weighted by atomic mass is 9.75. The molecular formula is C18H16ClFN2O2. The van der Waals surface area contributed by atoms with Crippen molar-refractivity contribution in [3.63, 3.8) is 0 Å². The molecule has 0 saturated carbocycles. The molecule has 1 aromatic carbocycles. The molecule has 1 aromatic heterocycles. The summed E-state index contributed by atoms with van der Waals surface area (Å²) in [7, 11) is 0. The van der Waals surface area contributed by atoms with E-state index in [1.165, 1.54) is 12.1 Å². The molecule has 0 aliphatic carbocycles. The number of halogens is 2. The van der Waals surface area contributed by atoms with Crippen LogP contribution in [0.1, 0.15) is 24.3 Å². The first-order valence-electron chi connectivity index (χ1n) is 7.95. The normalized spacial score (nSPS) is 28.1. The lowest BCUT2D eigenvalue weighted by Gasteiger charge is -2.27. The molecule has 2 aliphatic heterocycles. The van der Waals surface area contributed by atoms with Crippen molar-refractivity contribution in [2.75, 3.05) is 5.32 Å². The zero-order chi connectivity index (χ0) is 16.7. The highest BCUT2D eigenvalue weighted by Gasteiger charge is 2.52. The van der Waals surface area contributed by atoms with E-state index in [0.29, 0.717) is 5.69 Å². The Morgan fingerprint density at radius 1 is 1.21 bits per heavy atom. The van der Waals surface area contributed by atoms with E-state index in [9.17, 15) is 9.18 Å². The van der Waals surface area contributed by atoms with Crippen molar-refractivity contribution in [3.8, 4) is 0 Å². The van der Waals surface area contributed by atoms with Crippen LogP contribution in [-0.4, -0.2) is 23.1 Å². The van der Waals surface area contributed by atoms with Gasteiger partial charge in [-0.25, -0.2) is 4.39 Å². The quantitative estimate of drug-likeness (QED) is 0.920. The predicted octanol–water partition coefficient (Wildman–Crippen LogP) is 3.77. The van der Waals surface area contributed by atoms with Gasteiger partial charge in [-0.3, -0.25) is 9.78 Å². The minimum absolute atomic E-state index is 0.00361. The molecule has 4 rings (SSSR count). The fraction of sp³-hybridized carbons (Fsp3) is 0.333. The van der Waals surface area contributed by atoms with Gasteiger partial charge in [0, 0.05) is 24.0 Å². The number of fused-ring (bicyclic) bond motifs is 2. The van der Waals surface area contributed by atoms with Gasteiger partial charge < -0.3 is 10.1 Å². The van der Waals surface area contributed by atoms with E-state index in [1.807, 2.05) is 12.1 Å². The summed E-state index contributed by atoms with van der Waals surface area (Å²) >= 11 is 5.69. The van der Waals surface area contributed by atoms with Gasteiger partial charge in [-0.05, 0) is 48.7 Å². The van der Waals surface area contributed by atoms with Crippen LogP contribution in [0.2, 0.25) is 5.02 Å². The van der Waals surface area contributed by atoms with E-state index in [4.69, 9.17) is 16.3 Å². The minimum atomic E-state index is -0.552. The van der Waals surface area contributed by atoms with Crippen molar-refractivity contribution in [1.29, 1.82) is 0 Å².